The largest absolute Gasteiger partial charge is 0.334 e. The van der Waals surface area contributed by atoms with Gasteiger partial charge in [-0.15, -0.1) is 23.1 Å². The van der Waals surface area contributed by atoms with Crippen molar-refractivity contribution in [2.75, 3.05) is 26.7 Å². The van der Waals surface area contributed by atoms with Gasteiger partial charge < -0.3 is 9.84 Å². The lowest BCUT2D eigenvalue weighted by Crippen LogP contribution is -2.44. The zero-order valence-corrected chi connectivity index (χ0v) is 15.5. The highest BCUT2D eigenvalue weighted by molar-refractivity contribution is 7.98. The predicted octanol–water partition coefficient (Wildman–Crippen LogP) is 3.06. The lowest BCUT2D eigenvalue weighted by Gasteiger charge is -2.30. The van der Waals surface area contributed by atoms with Crippen LogP contribution in [0.5, 0.6) is 0 Å². The van der Waals surface area contributed by atoms with E-state index < -0.39 is 0 Å². The molecule has 0 radical (unpaired) electrons. The normalized spacial score (nSPS) is 18.5. The summed E-state index contributed by atoms with van der Waals surface area (Å²) < 4.78 is 5.59. The molecule has 1 aliphatic rings. The van der Waals surface area contributed by atoms with E-state index in [9.17, 15) is 0 Å². The molecule has 1 aromatic carbocycles. The summed E-state index contributed by atoms with van der Waals surface area (Å²) in [5.41, 5.74) is 3.93. The van der Waals surface area contributed by atoms with Gasteiger partial charge in [0.15, 0.2) is 5.82 Å². The van der Waals surface area contributed by atoms with E-state index in [0.717, 1.165) is 47.4 Å². The number of thiazole rings is 1. The molecular weight excluding hydrogens is 354 g/mol. The molecule has 1 saturated heterocycles. The molecule has 1 atom stereocenters. The Morgan fingerprint density at radius 3 is 3.16 bits per heavy atom. The van der Waals surface area contributed by atoms with Gasteiger partial charge in [0.2, 0.25) is 0 Å². The Morgan fingerprint density at radius 1 is 1.40 bits per heavy atom. The molecule has 3 heterocycles. The Balaban J connectivity index is 1.55. The first-order valence-corrected chi connectivity index (χ1v) is 10.1. The maximum atomic E-state index is 5.59. The summed E-state index contributed by atoms with van der Waals surface area (Å²) in [5, 5.41) is 9.69. The Morgan fingerprint density at radius 2 is 2.32 bits per heavy atom. The van der Waals surface area contributed by atoms with Crippen LogP contribution in [0.4, 0.5) is 0 Å². The van der Waals surface area contributed by atoms with Gasteiger partial charge in [-0.1, -0.05) is 17.3 Å². The van der Waals surface area contributed by atoms with Crippen LogP contribution in [0.2, 0.25) is 0 Å². The van der Waals surface area contributed by atoms with Crippen molar-refractivity contribution in [2.45, 2.75) is 16.7 Å². The minimum atomic E-state index is 0.154. The van der Waals surface area contributed by atoms with E-state index in [1.54, 1.807) is 23.1 Å². The predicted molar refractivity (Wildman–Crippen MR) is 99.6 cm³/mol. The molecule has 3 aromatic rings. The van der Waals surface area contributed by atoms with Crippen LogP contribution in [0.1, 0.15) is 17.6 Å². The molecule has 130 valence electrons. The van der Waals surface area contributed by atoms with Crippen molar-refractivity contribution in [3.8, 4) is 11.5 Å². The van der Waals surface area contributed by atoms with Crippen LogP contribution in [0.15, 0.2) is 44.6 Å². The van der Waals surface area contributed by atoms with E-state index in [1.807, 2.05) is 23.7 Å². The summed E-state index contributed by atoms with van der Waals surface area (Å²) in [7, 11) is 2.10. The van der Waals surface area contributed by atoms with E-state index in [0.29, 0.717) is 5.89 Å². The topological polar surface area (TPSA) is 67.1 Å². The number of hydrogen-bond acceptors (Lipinski definition) is 8. The first kappa shape index (κ1) is 16.7. The first-order valence-electron chi connectivity index (χ1n) is 8.15. The highest BCUT2D eigenvalue weighted by atomic mass is 32.2. The second kappa shape index (κ2) is 7.65. The maximum Gasteiger partial charge on any atom is 0.259 e. The van der Waals surface area contributed by atoms with Gasteiger partial charge in [-0.3, -0.25) is 4.90 Å². The van der Waals surface area contributed by atoms with Crippen molar-refractivity contribution < 1.29 is 4.52 Å². The number of hydrogen-bond donors (Lipinski definition) is 1. The van der Waals surface area contributed by atoms with Gasteiger partial charge in [-0.25, -0.2) is 4.98 Å². The third-order valence-electron chi connectivity index (χ3n) is 4.23. The smallest absolute Gasteiger partial charge is 0.259 e. The third kappa shape index (κ3) is 3.77. The van der Waals surface area contributed by atoms with Gasteiger partial charge in [-0.05, 0) is 19.2 Å². The molecule has 2 aromatic heterocycles. The van der Waals surface area contributed by atoms with Crippen LogP contribution in [0.25, 0.3) is 11.5 Å². The van der Waals surface area contributed by atoms with Crippen LogP contribution < -0.4 is 5.32 Å². The highest BCUT2D eigenvalue weighted by Crippen LogP contribution is 2.33. The maximum absolute atomic E-state index is 5.59. The van der Waals surface area contributed by atoms with Crippen molar-refractivity contribution in [2.24, 2.45) is 0 Å². The molecule has 1 N–H and O–H groups in total. The fourth-order valence-electron chi connectivity index (χ4n) is 2.80. The Hall–Kier alpha value is -1.74. The number of likely N-dealkylation sites (N-methyl/N-ethyl adjacent to an activating group) is 1. The van der Waals surface area contributed by atoms with Crippen molar-refractivity contribution >= 4 is 23.1 Å². The lowest BCUT2D eigenvalue weighted by molar-refractivity contribution is 0.190. The summed E-state index contributed by atoms with van der Waals surface area (Å²) in [6.45, 7) is 2.82. The molecule has 0 bridgehead atoms. The van der Waals surface area contributed by atoms with E-state index in [4.69, 9.17) is 4.52 Å². The standard InChI is InChI=1S/C17H19N5OS2/c1-22-7-6-18-8-14(22)16-20-17(23-21-16)13-4-2-3-5-15(13)25-10-12-9-24-11-19-12/h2-5,9,11,14,18H,6-8,10H2,1H3. The highest BCUT2D eigenvalue weighted by Gasteiger charge is 2.26. The second-order valence-corrected chi connectivity index (χ2v) is 7.66. The van der Waals surface area contributed by atoms with Gasteiger partial charge in [-0.2, -0.15) is 4.98 Å². The zero-order valence-electron chi connectivity index (χ0n) is 13.9. The second-order valence-electron chi connectivity index (χ2n) is 5.92. The minimum absolute atomic E-state index is 0.154. The monoisotopic (exact) mass is 373 g/mol. The Bertz CT molecular complexity index is 820. The van der Waals surface area contributed by atoms with Gasteiger partial charge >= 0.3 is 0 Å². The number of rotatable bonds is 5. The number of piperazine rings is 1. The molecule has 6 nitrogen and oxygen atoms in total. The van der Waals surface area contributed by atoms with Crippen molar-refractivity contribution in [1.29, 1.82) is 0 Å². The summed E-state index contributed by atoms with van der Waals surface area (Å²) in [5.74, 6) is 2.15. The quantitative estimate of drug-likeness (QED) is 0.689. The molecule has 8 heteroatoms. The lowest BCUT2D eigenvalue weighted by atomic mass is 10.2. The van der Waals surface area contributed by atoms with E-state index in [-0.39, 0.29) is 6.04 Å². The molecule has 0 saturated carbocycles. The number of thioether (sulfide) groups is 1. The van der Waals surface area contributed by atoms with E-state index in [1.165, 1.54) is 0 Å². The average Bonchev–Trinajstić information content (AvgIpc) is 3.33. The molecule has 1 fully saturated rings. The van der Waals surface area contributed by atoms with Crippen LogP contribution in [0.3, 0.4) is 0 Å². The summed E-state index contributed by atoms with van der Waals surface area (Å²) in [6, 6.07) is 8.30. The third-order valence-corrected chi connectivity index (χ3v) is 5.97. The SMILES string of the molecule is CN1CCNCC1c1noc(-c2ccccc2SCc2cscn2)n1. The number of benzene rings is 1. The molecular formula is C17H19N5OS2. The number of nitrogens with one attached hydrogen (secondary N) is 1. The van der Waals surface area contributed by atoms with Crippen LogP contribution >= 0.6 is 23.1 Å². The molecule has 0 aliphatic carbocycles. The van der Waals surface area contributed by atoms with E-state index in [2.05, 4.69) is 43.8 Å². The Kier molecular flexibility index (Phi) is 5.12. The fraction of sp³-hybridized carbons (Fsp3) is 0.353. The van der Waals surface area contributed by atoms with Gasteiger partial charge in [0, 0.05) is 35.7 Å². The van der Waals surface area contributed by atoms with Crippen LogP contribution in [-0.4, -0.2) is 46.7 Å². The van der Waals surface area contributed by atoms with Crippen molar-refractivity contribution in [1.82, 2.24) is 25.3 Å². The van der Waals surface area contributed by atoms with Crippen molar-refractivity contribution in [3.05, 3.63) is 46.7 Å². The molecule has 0 amide bonds. The molecule has 1 aliphatic heterocycles. The molecule has 0 spiro atoms. The average molecular weight is 374 g/mol. The van der Waals surface area contributed by atoms with Gasteiger partial charge in [0.1, 0.15) is 0 Å². The fourth-order valence-corrected chi connectivity index (χ4v) is 4.41. The number of aromatic nitrogens is 3. The zero-order chi connectivity index (χ0) is 17.1. The Labute approximate surface area is 154 Å². The number of nitrogens with zero attached hydrogens (tertiary/aromatic N) is 4. The minimum Gasteiger partial charge on any atom is -0.334 e. The first-order chi connectivity index (χ1) is 12.3. The molecule has 25 heavy (non-hydrogen) atoms. The van der Waals surface area contributed by atoms with Gasteiger partial charge in [0.25, 0.3) is 5.89 Å². The molecule has 4 rings (SSSR count). The summed E-state index contributed by atoms with van der Waals surface area (Å²) in [6.07, 6.45) is 0. The van der Waals surface area contributed by atoms with Crippen molar-refractivity contribution in [3.63, 3.8) is 0 Å². The van der Waals surface area contributed by atoms with Crippen LogP contribution in [-0.2, 0) is 5.75 Å². The molecule has 1 unspecified atom stereocenters. The van der Waals surface area contributed by atoms with Gasteiger partial charge in [0.05, 0.1) is 22.8 Å². The summed E-state index contributed by atoms with van der Waals surface area (Å²) in [4.78, 5) is 12.4. The summed E-state index contributed by atoms with van der Waals surface area (Å²) >= 11 is 3.36. The van der Waals surface area contributed by atoms with E-state index >= 15 is 0 Å². The van der Waals surface area contributed by atoms with Crippen LogP contribution in [0, 0.1) is 0 Å².